The monoisotopic (exact) mass is 433 g/mol. The number of benzene rings is 1. The zero-order valence-electron chi connectivity index (χ0n) is 18.0. The van der Waals surface area contributed by atoms with Crippen LogP contribution < -0.4 is 0 Å². The molecular weight excluding hydrogens is 402 g/mol. The van der Waals surface area contributed by atoms with Gasteiger partial charge in [0.05, 0.1) is 17.7 Å². The molecule has 1 aromatic carbocycles. The molecule has 3 heterocycles. The molecule has 3 fully saturated rings. The lowest BCUT2D eigenvalue weighted by Gasteiger charge is -2.46. The number of sulfonamides is 1. The Morgan fingerprint density at radius 2 is 1.83 bits per heavy atom. The zero-order valence-corrected chi connectivity index (χ0v) is 18.8. The molecule has 0 aliphatic carbocycles. The van der Waals surface area contributed by atoms with Crippen LogP contribution in [0.25, 0.3) is 0 Å². The van der Waals surface area contributed by atoms with Gasteiger partial charge in [0.25, 0.3) is 0 Å². The number of carbonyl (C=O) groups is 2. The average Bonchev–Trinajstić information content (AvgIpc) is 3.24. The van der Waals surface area contributed by atoms with Gasteiger partial charge < -0.3 is 9.80 Å². The summed E-state index contributed by atoms with van der Waals surface area (Å²) in [6.07, 6.45) is 3.86. The minimum atomic E-state index is -3.30. The molecule has 30 heavy (non-hydrogen) atoms. The number of carbonyl (C=O) groups excluding carboxylic acids is 2. The third-order valence-electron chi connectivity index (χ3n) is 7.61. The van der Waals surface area contributed by atoms with Crippen LogP contribution in [0, 0.1) is 18.8 Å². The van der Waals surface area contributed by atoms with Crippen LogP contribution in [-0.2, 0) is 26.0 Å². The van der Waals surface area contributed by atoms with E-state index < -0.39 is 10.0 Å². The summed E-state index contributed by atoms with van der Waals surface area (Å²) in [6.45, 7) is 3.99. The maximum absolute atomic E-state index is 12.9. The van der Waals surface area contributed by atoms with Crippen molar-refractivity contribution in [1.29, 1.82) is 0 Å². The number of fused-ring (bicyclic) bond motifs is 2. The van der Waals surface area contributed by atoms with E-state index >= 15 is 0 Å². The molecule has 3 aliphatic heterocycles. The van der Waals surface area contributed by atoms with E-state index in [9.17, 15) is 18.0 Å². The van der Waals surface area contributed by atoms with Crippen LogP contribution in [0.3, 0.4) is 0 Å². The van der Waals surface area contributed by atoms with Crippen LogP contribution in [0.5, 0.6) is 0 Å². The third-order valence-corrected chi connectivity index (χ3v) is 8.85. The largest absolute Gasteiger partial charge is 0.343 e. The third kappa shape index (κ3) is 3.54. The summed E-state index contributed by atoms with van der Waals surface area (Å²) >= 11 is 0. The van der Waals surface area contributed by atoms with Crippen molar-refractivity contribution in [1.82, 2.24) is 14.1 Å². The molecule has 2 atom stereocenters. The molecule has 1 aromatic rings. The molecule has 8 heteroatoms. The van der Waals surface area contributed by atoms with E-state index in [-0.39, 0.29) is 35.7 Å². The van der Waals surface area contributed by atoms with Crippen molar-refractivity contribution in [2.24, 2.45) is 11.8 Å². The highest BCUT2D eigenvalue weighted by Gasteiger charge is 2.61. The molecule has 0 saturated carbocycles. The van der Waals surface area contributed by atoms with Crippen molar-refractivity contribution in [2.75, 3.05) is 39.5 Å². The molecule has 3 aliphatic rings. The van der Waals surface area contributed by atoms with E-state index in [0.29, 0.717) is 38.9 Å². The van der Waals surface area contributed by atoms with Crippen LogP contribution in [0.4, 0.5) is 0 Å². The molecular formula is C22H31N3O4S. The molecule has 3 saturated heterocycles. The normalized spacial score (nSPS) is 26.4. The Hall–Kier alpha value is -1.93. The van der Waals surface area contributed by atoms with E-state index in [2.05, 4.69) is 19.1 Å². The minimum absolute atomic E-state index is 0.00828. The lowest BCUT2D eigenvalue weighted by Crippen LogP contribution is -2.56. The van der Waals surface area contributed by atoms with Gasteiger partial charge in [-0.05, 0) is 37.3 Å². The van der Waals surface area contributed by atoms with Gasteiger partial charge in [-0.15, -0.1) is 0 Å². The van der Waals surface area contributed by atoms with E-state index in [1.54, 1.807) is 0 Å². The van der Waals surface area contributed by atoms with E-state index in [0.717, 1.165) is 6.42 Å². The van der Waals surface area contributed by atoms with Crippen LogP contribution in [-0.4, -0.2) is 79.4 Å². The molecule has 0 radical (unpaired) electrons. The smallest absolute Gasteiger partial charge is 0.227 e. The number of hydrogen-bond donors (Lipinski definition) is 0. The molecule has 0 bridgehead atoms. The first-order chi connectivity index (χ1) is 14.1. The summed E-state index contributed by atoms with van der Waals surface area (Å²) in [5.41, 5.74) is 2.07. The van der Waals surface area contributed by atoms with E-state index in [1.807, 2.05) is 29.0 Å². The van der Waals surface area contributed by atoms with Gasteiger partial charge in [0.15, 0.2) is 0 Å². The lowest BCUT2D eigenvalue weighted by molar-refractivity contribution is -0.136. The zero-order chi connectivity index (χ0) is 21.7. The fraction of sp³-hybridized carbons (Fsp3) is 0.636. The Morgan fingerprint density at radius 3 is 2.47 bits per heavy atom. The summed E-state index contributed by atoms with van der Waals surface area (Å²) in [6, 6.07) is 8.14. The van der Waals surface area contributed by atoms with Crippen LogP contribution >= 0.6 is 0 Å². The Morgan fingerprint density at radius 1 is 1.17 bits per heavy atom. The van der Waals surface area contributed by atoms with E-state index in [1.165, 1.54) is 21.7 Å². The second kappa shape index (κ2) is 7.64. The number of rotatable bonds is 4. The molecule has 164 valence electrons. The maximum atomic E-state index is 12.9. The number of amides is 2. The quantitative estimate of drug-likeness (QED) is 0.716. The Labute approximate surface area is 179 Å². The maximum Gasteiger partial charge on any atom is 0.227 e. The number of hydrogen-bond acceptors (Lipinski definition) is 4. The SMILES string of the molecule is Cc1ccccc1CCC(=O)N1CCC2(CC1)[C@H]1CN(S(C)(=O)=O)C[C@H]1C(=O)N2C. The fourth-order valence-electron chi connectivity index (χ4n) is 5.69. The van der Waals surface area contributed by atoms with Crippen molar-refractivity contribution in [3.63, 3.8) is 0 Å². The predicted octanol–water partition coefficient (Wildman–Crippen LogP) is 1.27. The molecule has 0 unspecified atom stereocenters. The van der Waals surface area contributed by atoms with Crippen molar-refractivity contribution >= 4 is 21.8 Å². The molecule has 1 spiro atoms. The molecule has 2 amide bonds. The number of likely N-dealkylation sites (tertiary alicyclic amines) is 2. The first-order valence-corrected chi connectivity index (χ1v) is 12.5. The Balaban J connectivity index is 1.41. The van der Waals surface area contributed by atoms with Gasteiger partial charge in [0.2, 0.25) is 21.8 Å². The second-order valence-electron chi connectivity index (χ2n) is 9.10. The first kappa shape index (κ1) is 21.3. The van der Waals surface area contributed by atoms with Gasteiger partial charge in [-0.1, -0.05) is 24.3 Å². The molecule has 4 rings (SSSR count). The fourth-order valence-corrected chi connectivity index (χ4v) is 6.55. The lowest BCUT2D eigenvalue weighted by atomic mass is 9.75. The Kier molecular flexibility index (Phi) is 5.43. The van der Waals surface area contributed by atoms with Gasteiger partial charge >= 0.3 is 0 Å². The predicted molar refractivity (Wildman–Crippen MR) is 114 cm³/mol. The van der Waals surface area contributed by atoms with Crippen molar-refractivity contribution in [2.45, 2.75) is 38.1 Å². The summed E-state index contributed by atoms with van der Waals surface area (Å²) in [5, 5.41) is 0. The van der Waals surface area contributed by atoms with E-state index in [4.69, 9.17) is 0 Å². The number of nitrogens with zero attached hydrogens (tertiary/aromatic N) is 3. The number of aryl methyl sites for hydroxylation is 2. The van der Waals surface area contributed by atoms with Crippen molar-refractivity contribution < 1.29 is 18.0 Å². The van der Waals surface area contributed by atoms with Gasteiger partial charge in [0.1, 0.15) is 0 Å². The second-order valence-corrected chi connectivity index (χ2v) is 11.1. The van der Waals surface area contributed by atoms with Gasteiger partial charge in [-0.25, -0.2) is 12.7 Å². The topological polar surface area (TPSA) is 78.0 Å². The summed E-state index contributed by atoms with van der Waals surface area (Å²) in [7, 11) is -1.46. The minimum Gasteiger partial charge on any atom is -0.343 e. The van der Waals surface area contributed by atoms with Crippen LogP contribution in [0.2, 0.25) is 0 Å². The van der Waals surface area contributed by atoms with Crippen molar-refractivity contribution in [3.8, 4) is 0 Å². The van der Waals surface area contributed by atoms with Crippen LogP contribution in [0.15, 0.2) is 24.3 Å². The average molecular weight is 434 g/mol. The Bertz CT molecular complexity index is 953. The van der Waals surface area contributed by atoms with Crippen LogP contribution in [0.1, 0.15) is 30.4 Å². The highest BCUT2D eigenvalue weighted by atomic mass is 32.2. The van der Waals surface area contributed by atoms with Gasteiger partial charge in [0, 0.05) is 45.6 Å². The number of piperidine rings is 1. The highest BCUT2D eigenvalue weighted by Crippen LogP contribution is 2.49. The summed E-state index contributed by atoms with van der Waals surface area (Å²) in [5.74, 6) is -0.0479. The summed E-state index contributed by atoms with van der Waals surface area (Å²) in [4.78, 5) is 29.4. The molecule has 0 aromatic heterocycles. The highest BCUT2D eigenvalue weighted by molar-refractivity contribution is 7.88. The van der Waals surface area contributed by atoms with Gasteiger partial charge in [-0.2, -0.15) is 0 Å². The van der Waals surface area contributed by atoms with Gasteiger partial charge in [-0.3, -0.25) is 9.59 Å². The standard InChI is InChI=1S/C22H31N3O4S/c1-16-6-4-5-7-17(16)8-9-20(26)24-12-10-22(11-13-24)19-15-25(30(3,28)29)14-18(19)21(27)23(22)2/h4-7,18-19H,8-15H2,1-3H3/t18-,19+/m1/s1. The molecule has 7 nitrogen and oxygen atoms in total. The first-order valence-electron chi connectivity index (χ1n) is 10.7. The summed E-state index contributed by atoms with van der Waals surface area (Å²) < 4.78 is 25.5. The molecule has 0 N–H and O–H groups in total. The van der Waals surface area contributed by atoms with Crippen molar-refractivity contribution in [3.05, 3.63) is 35.4 Å².